The van der Waals surface area contributed by atoms with Crippen molar-refractivity contribution in [3.63, 3.8) is 0 Å². The molecule has 5 nitrogen and oxygen atoms in total. The number of nitrogens with zero attached hydrogens (tertiary/aromatic N) is 4. The van der Waals surface area contributed by atoms with E-state index in [-0.39, 0.29) is 0 Å². The third-order valence-electron chi connectivity index (χ3n) is 4.37. The minimum atomic E-state index is 0.543. The van der Waals surface area contributed by atoms with Crippen LogP contribution in [0.25, 0.3) is 22.3 Å². The Bertz CT molecular complexity index is 817. The smallest absolute Gasteiger partial charge is 0.162 e. The number of anilines is 1. The van der Waals surface area contributed by atoms with Gasteiger partial charge in [0.2, 0.25) is 0 Å². The second kappa shape index (κ2) is 8.03. The SMILES string of the molecule is CCN(CCNc1nc(-c2ccncc2)nc2ccccc12)C(C)C. The number of hydrogen-bond donors (Lipinski definition) is 1. The highest BCUT2D eigenvalue weighted by atomic mass is 15.2. The Labute approximate surface area is 149 Å². The molecule has 1 aromatic carbocycles. The molecule has 130 valence electrons. The summed E-state index contributed by atoms with van der Waals surface area (Å²) in [5.41, 5.74) is 1.92. The molecular formula is C20H25N5. The van der Waals surface area contributed by atoms with Gasteiger partial charge in [-0.3, -0.25) is 9.88 Å². The molecule has 0 saturated heterocycles. The Kier molecular flexibility index (Phi) is 5.56. The molecule has 25 heavy (non-hydrogen) atoms. The van der Waals surface area contributed by atoms with E-state index in [0.29, 0.717) is 6.04 Å². The Morgan fingerprint density at radius 1 is 1.04 bits per heavy atom. The molecule has 0 saturated carbocycles. The second-order valence-corrected chi connectivity index (χ2v) is 6.30. The largest absolute Gasteiger partial charge is 0.368 e. The van der Waals surface area contributed by atoms with Gasteiger partial charge in [0.1, 0.15) is 5.82 Å². The first-order valence-corrected chi connectivity index (χ1v) is 8.84. The van der Waals surface area contributed by atoms with E-state index in [1.165, 1.54) is 0 Å². The Hall–Kier alpha value is -2.53. The lowest BCUT2D eigenvalue weighted by Gasteiger charge is -2.25. The lowest BCUT2D eigenvalue weighted by Crippen LogP contribution is -2.34. The van der Waals surface area contributed by atoms with Gasteiger partial charge in [0.05, 0.1) is 5.52 Å². The average molecular weight is 335 g/mol. The van der Waals surface area contributed by atoms with Gasteiger partial charge in [-0.2, -0.15) is 0 Å². The van der Waals surface area contributed by atoms with Crippen LogP contribution in [-0.4, -0.2) is 45.5 Å². The lowest BCUT2D eigenvalue weighted by atomic mass is 10.2. The number of para-hydroxylation sites is 1. The molecule has 0 unspecified atom stereocenters. The van der Waals surface area contributed by atoms with Crippen LogP contribution in [0.3, 0.4) is 0 Å². The normalized spacial score (nSPS) is 11.4. The first-order valence-electron chi connectivity index (χ1n) is 8.84. The van der Waals surface area contributed by atoms with Gasteiger partial charge in [-0.25, -0.2) is 9.97 Å². The van der Waals surface area contributed by atoms with Crippen molar-refractivity contribution in [3.05, 3.63) is 48.8 Å². The predicted octanol–water partition coefficient (Wildman–Crippen LogP) is 3.83. The molecule has 2 aromatic heterocycles. The molecular weight excluding hydrogens is 310 g/mol. The van der Waals surface area contributed by atoms with E-state index >= 15 is 0 Å². The number of hydrogen-bond acceptors (Lipinski definition) is 5. The van der Waals surface area contributed by atoms with E-state index in [9.17, 15) is 0 Å². The fraction of sp³-hybridized carbons (Fsp3) is 0.350. The van der Waals surface area contributed by atoms with Gasteiger partial charge in [0.25, 0.3) is 0 Å². The molecule has 3 aromatic rings. The number of benzene rings is 1. The van der Waals surface area contributed by atoms with Crippen molar-refractivity contribution >= 4 is 16.7 Å². The summed E-state index contributed by atoms with van der Waals surface area (Å²) in [5, 5.41) is 4.56. The topological polar surface area (TPSA) is 53.9 Å². The van der Waals surface area contributed by atoms with Crippen LogP contribution in [0.1, 0.15) is 20.8 Å². The van der Waals surface area contributed by atoms with Gasteiger partial charge in [-0.1, -0.05) is 19.1 Å². The zero-order valence-corrected chi connectivity index (χ0v) is 15.1. The second-order valence-electron chi connectivity index (χ2n) is 6.30. The summed E-state index contributed by atoms with van der Waals surface area (Å²) >= 11 is 0. The van der Waals surface area contributed by atoms with Crippen LogP contribution in [0.15, 0.2) is 48.8 Å². The molecule has 2 heterocycles. The number of aromatic nitrogens is 3. The highest BCUT2D eigenvalue weighted by Gasteiger charge is 2.10. The van der Waals surface area contributed by atoms with Gasteiger partial charge in [-0.05, 0) is 44.7 Å². The van der Waals surface area contributed by atoms with Crippen LogP contribution >= 0.6 is 0 Å². The standard InChI is InChI=1S/C20H25N5/c1-4-25(15(2)3)14-13-22-20-17-7-5-6-8-18(17)23-19(24-20)16-9-11-21-12-10-16/h5-12,15H,4,13-14H2,1-3H3,(H,22,23,24). The minimum Gasteiger partial charge on any atom is -0.368 e. The summed E-state index contributed by atoms with van der Waals surface area (Å²) in [4.78, 5) is 16.0. The van der Waals surface area contributed by atoms with Gasteiger partial charge in [-0.15, -0.1) is 0 Å². The molecule has 5 heteroatoms. The Morgan fingerprint density at radius 2 is 1.80 bits per heavy atom. The maximum atomic E-state index is 4.77. The number of likely N-dealkylation sites (N-methyl/N-ethyl adjacent to an activating group) is 1. The quantitative estimate of drug-likeness (QED) is 0.711. The van der Waals surface area contributed by atoms with Gasteiger partial charge >= 0.3 is 0 Å². The van der Waals surface area contributed by atoms with Crippen molar-refractivity contribution in [1.29, 1.82) is 0 Å². The van der Waals surface area contributed by atoms with Gasteiger partial charge < -0.3 is 5.32 Å². The van der Waals surface area contributed by atoms with Crippen LogP contribution in [0.2, 0.25) is 0 Å². The van der Waals surface area contributed by atoms with E-state index in [4.69, 9.17) is 9.97 Å². The molecule has 0 aliphatic rings. The highest BCUT2D eigenvalue weighted by molar-refractivity contribution is 5.90. The monoisotopic (exact) mass is 335 g/mol. The van der Waals surface area contributed by atoms with Crippen LogP contribution in [0, 0.1) is 0 Å². The fourth-order valence-electron chi connectivity index (χ4n) is 2.94. The van der Waals surface area contributed by atoms with Crippen LogP contribution in [-0.2, 0) is 0 Å². The Balaban J connectivity index is 1.88. The molecule has 0 atom stereocenters. The zero-order chi connectivity index (χ0) is 17.6. The first-order chi connectivity index (χ1) is 12.2. The number of pyridine rings is 1. The molecule has 3 rings (SSSR count). The highest BCUT2D eigenvalue weighted by Crippen LogP contribution is 2.24. The molecule has 0 aliphatic heterocycles. The number of rotatable bonds is 7. The third-order valence-corrected chi connectivity index (χ3v) is 4.37. The van der Waals surface area contributed by atoms with E-state index in [2.05, 4.69) is 42.0 Å². The molecule has 0 radical (unpaired) electrons. The van der Waals surface area contributed by atoms with Gasteiger partial charge in [0.15, 0.2) is 5.82 Å². The van der Waals surface area contributed by atoms with Crippen molar-refractivity contribution in [1.82, 2.24) is 19.9 Å². The van der Waals surface area contributed by atoms with E-state index < -0.39 is 0 Å². The summed E-state index contributed by atoms with van der Waals surface area (Å²) in [5.74, 6) is 1.61. The average Bonchev–Trinajstić information content (AvgIpc) is 2.65. The van der Waals surface area contributed by atoms with E-state index in [0.717, 1.165) is 47.7 Å². The molecule has 0 fully saturated rings. The summed E-state index contributed by atoms with van der Waals surface area (Å²) < 4.78 is 0. The lowest BCUT2D eigenvalue weighted by molar-refractivity contribution is 0.243. The predicted molar refractivity (Wildman–Crippen MR) is 104 cm³/mol. The van der Waals surface area contributed by atoms with E-state index in [1.54, 1.807) is 12.4 Å². The molecule has 1 N–H and O–H groups in total. The Morgan fingerprint density at radius 3 is 2.52 bits per heavy atom. The van der Waals surface area contributed by atoms with Gasteiger partial charge in [0, 0.05) is 42.5 Å². The minimum absolute atomic E-state index is 0.543. The maximum Gasteiger partial charge on any atom is 0.162 e. The maximum absolute atomic E-state index is 4.77. The molecule has 0 amide bonds. The summed E-state index contributed by atoms with van der Waals surface area (Å²) in [6.45, 7) is 9.53. The van der Waals surface area contributed by atoms with Crippen molar-refractivity contribution in [2.75, 3.05) is 25.0 Å². The number of fused-ring (bicyclic) bond motifs is 1. The van der Waals surface area contributed by atoms with Crippen molar-refractivity contribution in [2.45, 2.75) is 26.8 Å². The zero-order valence-electron chi connectivity index (χ0n) is 15.1. The van der Waals surface area contributed by atoms with Crippen LogP contribution < -0.4 is 5.32 Å². The number of nitrogens with one attached hydrogen (secondary N) is 1. The van der Waals surface area contributed by atoms with Crippen molar-refractivity contribution in [3.8, 4) is 11.4 Å². The van der Waals surface area contributed by atoms with Crippen molar-refractivity contribution < 1.29 is 0 Å². The van der Waals surface area contributed by atoms with Crippen LogP contribution in [0.4, 0.5) is 5.82 Å². The van der Waals surface area contributed by atoms with E-state index in [1.807, 2.05) is 30.3 Å². The summed E-state index contributed by atoms with van der Waals surface area (Å²) in [6, 6.07) is 12.5. The summed E-state index contributed by atoms with van der Waals surface area (Å²) in [7, 11) is 0. The fourth-order valence-corrected chi connectivity index (χ4v) is 2.94. The third kappa shape index (κ3) is 4.12. The van der Waals surface area contributed by atoms with Crippen molar-refractivity contribution in [2.24, 2.45) is 0 Å². The molecule has 0 aliphatic carbocycles. The first kappa shape index (κ1) is 17.3. The summed E-state index contributed by atoms with van der Waals surface area (Å²) in [6.07, 6.45) is 3.53. The molecule has 0 bridgehead atoms. The van der Waals surface area contributed by atoms with Crippen LogP contribution in [0.5, 0.6) is 0 Å². The molecule has 0 spiro atoms.